The number of piperidine rings is 1. The first-order valence-corrected chi connectivity index (χ1v) is 10.7. The Hall–Kier alpha value is -2.07. The van der Waals surface area contributed by atoms with Crippen LogP contribution < -0.4 is 4.74 Å². The molecule has 4 nitrogen and oxygen atoms in total. The van der Waals surface area contributed by atoms with Crippen LogP contribution >= 0.6 is 0 Å². The molecule has 2 aromatic rings. The molecule has 0 bridgehead atoms. The minimum atomic E-state index is 0.436. The third kappa shape index (κ3) is 4.17. The van der Waals surface area contributed by atoms with Crippen molar-refractivity contribution in [1.82, 2.24) is 4.90 Å². The van der Waals surface area contributed by atoms with Gasteiger partial charge in [-0.15, -0.1) is 0 Å². The monoisotopic (exact) mass is 380 g/mol. The molecule has 2 fully saturated rings. The molecule has 1 heterocycles. The number of fused-ring (bicyclic) bond motifs is 1. The van der Waals surface area contributed by atoms with Gasteiger partial charge in [0.2, 0.25) is 0 Å². The fraction of sp³-hybridized carbons (Fsp3) is 0.542. The van der Waals surface area contributed by atoms with Crippen LogP contribution in [0.4, 0.5) is 0 Å². The topological polar surface area (TPSA) is 34.1 Å². The van der Waals surface area contributed by atoms with Gasteiger partial charge >= 0.3 is 0 Å². The summed E-state index contributed by atoms with van der Waals surface area (Å²) in [7, 11) is 3.37. The number of nitrogens with zero attached hydrogens (tertiary/aromatic N) is 2. The van der Waals surface area contributed by atoms with Crippen molar-refractivity contribution in [2.24, 2.45) is 11.1 Å². The highest BCUT2D eigenvalue weighted by molar-refractivity contribution is 6.04. The van der Waals surface area contributed by atoms with Crippen LogP contribution in [0, 0.1) is 5.92 Å². The van der Waals surface area contributed by atoms with Crippen LogP contribution in [-0.4, -0.2) is 44.0 Å². The molecule has 2 aliphatic rings. The minimum Gasteiger partial charge on any atom is -0.497 e. The largest absolute Gasteiger partial charge is 0.497 e. The maximum Gasteiger partial charge on any atom is 0.119 e. The first-order valence-electron chi connectivity index (χ1n) is 10.7. The number of hydrogen-bond acceptors (Lipinski definition) is 4. The smallest absolute Gasteiger partial charge is 0.119 e. The van der Waals surface area contributed by atoms with Crippen LogP contribution in [0.15, 0.2) is 41.6 Å². The lowest BCUT2D eigenvalue weighted by Crippen LogP contribution is -2.45. The summed E-state index contributed by atoms with van der Waals surface area (Å²) in [5, 5.41) is 6.90. The van der Waals surface area contributed by atoms with E-state index in [-0.39, 0.29) is 0 Å². The third-order valence-electron chi connectivity index (χ3n) is 6.46. The molecule has 150 valence electrons. The van der Waals surface area contributed by atoms with Gasteiger partial charge in [0.1, 0.15) is 12.9 Å². The van der Waals surface area contributed by atoms with Gasteiger partial charge in [0.15, 0.2) is 0 Å². The molecular formula is C24H32N2O2. The van der Waals surface area contributed by atoms with Gasteiger partial charge in [-0.3, -0.25) is 4.90 Å². The van der Waals surface area contributed by atoms with Crippen molar-refractivity contribution in [3.8, 4) is 5.75 Å². The second-order valence-electron chi connectivity index (χ2n) is 8.21. The van der Waals surface area contributed by atoms with Gasteiger partial charge in [0.25, 0.3) is 0 Å². The highest BCUT2D eigenvalue weighted by Crippen LogP contribution is 2.30. The predicted octanol–water partition coefficient (Wildman–Crippen LogP) is 5.24. The van der Waals surface area contributed by atoms with Gasteiger partial charge in [-0.1, -0.05) is 42.6 Å². The van der Waals surface area contributed by atoms with E-state index >= 15 is 0 Å². The van der Waals surface area contributed by atoms with Crippen molar-refractivity contribution >= 4 is 16.5 Å². The van der Waals surface area contributed by atoms with Crippen LogP contribution in [0.1, 0.15) is 50.5 Å². The number of rotatable bonds is 5. The average Bonchev–Trinajstić information content (AvgIpc) is 2.77. The molecular weight excluding hydrogens is 348 g/mol. The van der Waals surface area contributed by atoms with E-state index in [1.54, 1.807) is 14.2 Å². The Bertz CT molecular complexity index is 826. The maximum absolute atomic E-state index is 5.35. The van der Waals surface area contributed by atoms with Crippen molar-refractivity contribution in [1.29, 1.82) is 0 Å². The lowest BCUT2D eigenvalue weighted by Gasteiger charge is -2.40. The zero-order chi connectivity index (χ0) is 19.3. The van der Waals surface area contributed by atoms with E-state index in [9.17, 15) is 0 Å². The molecule has 1 aliphatic carbocycles. The molecule has 0 radical (unpaired) electrons. The molecule has 0 aromatic heterocycles. The lowest BCUT2D eigenvalue weighted by atomic mass is 9.86. The molecule has 1 atom stereocenters. The summed E-state index contributed by atoms with van der Waals surface area (Å²) in [6, 6.07) is 13.6. The van der Waals surface area contributed by atoms with Gasteiger partial charge in [-0.05, 0) is 61.2 Å². The highest BCUT2D eigenvalue weighted by Gasteiger charge is 2.30. The number of benzene rings is 2. The summed E-state index contributed by atoms with van der Waals surface area (Å²) < 4.78 is 5.35. The fourth-order valence-electron chi connectivity index (χ4n) is 4.98. The van der Waals surface area contributed by atoms with E-state index in [0.29, 0.717) is 5.92 Å². The number of methoxy groups -OCH3 is 1. The van der Waals surface area contributed by atoms with E-state index in [1.807, 2.05) is 6.07 Å². The summed E-state index contributed by atoms with van der Waals surface area (Å²) in [5.41, 5.74) is 2.27. The third-order valence-corrected chi connectivity index (χ3v) is 6.46. The normalized spacial score (nSPS) is 22.4. The summed E-state index contributed by atoms with van der Waals surface area (Å²) in [6.07, 6.45) is 9.34. The van der Waals surface area contributed by atoms with Crippen molar-refractivity contribution in [3.63, 3.8) is 0 Å². The van der Waals surface area contributed by atoms with E-state index < -0.39 is 0 Å². The molecule has 2 aromatic carbocycles. The van der Waals surface area contributed by atoms with Gasteiger partial charge < -0.3 is 9.57 Å². The summed E-state index contributed by atoms with van der Waals surface area (Å²) in [4.78, 5) is 8.02. The summed E-state index contributed by atoms with van der Waals surface area (Å²) in [5.74, 6) is 1.33. The van der Waals surface area contributed by atoms with Crippen molar-refractivity contribution in [2.45, 2.75) is 51.0 Å². The second kappa shape index (κ2) is 8.95. The van der Waals surface area contributed by atoms with Gasteiger partial charge in [-0.25, -0.2) is 0 Å². The number of ether oxygens (including phenoxy) is 1. The SMILES string of the molecule is CO/N=C(/c1ccc2cc(OC)ccc2c1)C1CCCN(C2CCCCC2)C1. The standard InChI is InChI=1S/C24H32N2O2/c1-27-23-13-12-18-15-20(11-10-19(18)16-23)24(25-28-2)21-7-6-14-26(17-21)22-8-4-3-5-9-22/h10-13,15-16,21-22H,3-9,14,17H2,1-2H3/b25-24-. The molecule has 1 unspecified atom stereocenters. The van der Waals surface area contributed by atoms with Gasteiger partial charge in [0.05, 0.1) is 12.8 Å². The molecule has 4 rings (SSSR count). The van der Waals surface area contributed by atoms with Crippen LogP contribution in [0.2, 0.25) is 0 Å². The quantitative estimate of drug-likeness (QED) is 0.525. The van der Waals surface area contributed by atoms with E-state index in [4.69, 9.17) is 9.57 Å². The Morgan fingerprint density at radius 1 is 0.929 bits per heavy atom. The van der Waals surface area contributed by atoms with Crippen LogP contribution in [0.5, 0.6) is 5.75 Å². The Kier molecular flexibility index (Phi) is 6.16. The van der Waals surface area contributed by atoms with Crippen molar-refractivity contribution in [3.05, 3.63) is 42.0 Å². The second-order valence-corrected chi connectivity index (χ2v) is 8.21. The first kappa shape index (κ1) is 19.3. The Morgan fingerprint density at radius 3 is 2.50 bits per heavy atom. The fourth-order valence-corrected chi connectivity index (χ4v) is 4.98. The van der Waals surface area contributed by atoms with Crippen molar-refractivity contribution in [2.75, 3.05) is 27.3 Å². The molecule has 1 saturated heterocycles. The first-order chi connectivity index (χ1) is 13.8. The number of likely N-dealkylation sites (tertiary alicyclic amines) is 1. The number of hydrogen-bond donors (Lipinski definition) is 0. The highest BCUT2D eigenvalue weighted by atomic mass is 16.6. The van der Waals surface area contributed by atoms with Crippen molar-refractivity contribution < 1.29 is 9.57 Å². The molecule has 0 N–H and O–H groups in total. The Labute approximate surface area is 168 Å². The zero-order valence-electron chi connectivity index (χ0n) is 17.2. The molecule has 4 heteroatoms. The molecule has 0 spiro atoms. The zero-order valence-corrected chi connectivity index (χ0v) is 17.2. The van der Waals surface area contributed by atoms with Gasteiger partial charge in [0, 0.05) is 24.1 Å². The van der Waals surface area contributed by atoms with E-state index in [2.05, 4.69) is 40.4 Å². The van der Waals surface area contributed by atoms with E-state index in [0.717, 1.165) is 24.0 Å². The molecule has 1 saturated carbocycles. The Morgan fingerprint density at radius 2 is 1.71 bits per heavy atom. The van der Waals surface area contributed by atoms with Gasteiger partial charge in [-0.2, -0.15) is 0 Å². The molecule has 1 aliphatic heterocycles. The maximum atomic E-state index is 5.35. The average molecular weight is 381 g/mol. The minimum absolute atomic E-state index is 0.436. The molecule has 28 heavy (non-hydrogen) atoms. The predicted molar refractivity (Wildman–Crippen MR) is 115 cm³/mol. The number of oxime groups is 1. The lowest BCUT2D eigenvalue weighted by molar-refractivity contribution is 0.114. The molecule has 0 amide bonds. The summed E-state index contributed by atoms with van der Waals surface area (Å²) >= 11 is 0. The Balaban J connectivity index is 1.58. The van der Waals surface area contributed by atoms with Crippen LogP contribution in [0.3, 0.4) is 0 Å². The summed E-state index contributed by atoms with van der Waals surface area (Å²) in [6.45, 7) is 2.34. The van der Waals surface area contributed by atoms with Crippen LogP contribution in [-0.2, 0) is 4.84 Å². The van der Waals surface area contributed by atoms with E-state index in [1.165, 1.54) is 67.8 Å². The van der Waals surface area contributed by atoms with Crippen LogP contribution in [0.25, 0.3) is 10.8 Å².